The molecule has 1 atom stereocenters. The summed E-state index contributed by atoms with van der Waals surface area (Å²) >= 11 is 5.85. The Kier molecular flexibility index (Phi) is 5.48. The van der Waals surface area contributed by atoms with Gasteiger partial charge in [-0.1, -0.05) is 35.9 Å². The number of rotatable bonds is 6. The minimum absolute atomic E-state index is 0.501. The van der Waals surface area contributed by atoms with Gasteiger partial charge >= 0.3 is 0 Å². The molecule has 0 aromatic heterocycles. The number of aliphatic hydroxyl groups excluding tert-OH is 1. The summed E-state index contributed by atoms with van der Waals surface area (Å²) in [5.41, 5.74) is 1.90. The van der Waals surface area contributed by atoms with E-state index in [1.807, 2.05) is 43.4 Å². The fraction of sp³-hybridized carbons (Fsp3) is 0.294. The Bertz CT molecular complexity index is 571. The van der Waals surface area contributed by atoms with E-state index in [2.05, 4.69) is 4.90 Å². The highest BCUT2D eigenvalue weighted by molar-refractivity contribution is 6.30. The number of halogens is 1. The normalized spacial score (nSPS) is 12.0. The second kappa shape index (κ2) is 7.34. The number of aliphatic hydroxyl groups is 1. The van der Waals surface area contributed by atoms with Gasteiger partial charge < -0.3 is 14.7 Å². The van der Waals surface area contributed by atoms with Crippen molar-refractivity contribution in [3.05, 3.63) is 59.1 Å². The summed E-state index contributed by atoms with van der Waals surface area (Å²) < 4.78 is 5.35. The van der Waals surface area contributed by atoms with Crippen molar-refractivity contribution < 1.29 is 9.84 Å². The van der Waals surface area contributed by atoms with Crippen LogP contribution in [0.5, 0.6) is 5.75 Å². The Morgan fingerprint density at radius 2 is 1.81 bits per heavy atom. The number of hydrogen-bond acceptors (Lipinski definition) is 3. The molecule has 2 aromatic carbocycles. The second-order valence-corrected chi connectivity index (χ2v) is 5.39. The average molecular weight is 306 g/mol. The molecule has 0 spiro atoms. The summed E-state index contributed by atoms with van der Waals surface area (Å²) in [6, 6.07) is 15.2. The highest BCUT2D eigenvalue weighted by Gasteiger charge is 2.11. The van der Waals surface area contributed by atoms with E-state index in [9.17, 15) is 5.11 Å². The number of ether oxygens (including phenoxy) is 1. The van der Waals surface area contributed by atoms with Crippen molar-refractivity contribution in [3.8, 4) is 5.75 Å². The number of nitrogens with zero attached hydrogens (tertiary/aromatic N) is 1. The molecular weight excluding hydrogens is 286 g/mol. The summed E-state index contributed by atoms with van der Waals surface area (Å²) in [5, 5.41) is 10.9. The summed E-state index contributed by atoms with van der Waals surface area (Å²) in [6.07, 6.45) is 0.135. The lowest BCUT2D eigenvalue weighted by molar-refractivity contribution is 0.170. The Morgan fingerprint density at radius 3 is 2.48 bits per heavy atom. The van der Waals surface area contributed by atoms with Gasteiger partial charge in [0.2, 0.25) is 0 Å². The molecule has 2 aromatic rings. The quantitative estimate of drug-likeness (QED) is 0.878. The molecule has 0 amide bonds. The van der Waals surface area contributed by atoms with Gasteiger partial charge in [-0.15, -0.1) is 0 Å². The maximum atomic E-state index is 10.2. The van der Waals surface area contributed by atoms with Crippen molar-refractivity contribution >= 4 is 17.3 Å². The zero-order valence-corrected chi connectivity index (χ0v) is 13.0. The highest BCUT2D eigenvalue weighted by Crippen LogP contribution is 2.27. The van der Waals surface area contributed by atoms with Crippen LogP contribution >= 0.6 is 11.6 Å². The smallest absolute Gasteiger partial charge is 0.142 e. The molecule has 1 unspecified atom stereocenters. The monoisotopic (exact) mass is 305 g/mol. The lowest BCUT2D eigenvalue weighted by atomic mass is 10.1. The van der Waals surface area contributed by atoms with E-state index in [0.717, 1.165) is 23.5 Å². The number of methoxy groups -OCH3 is 1. The second-order valence-electron chi connectivity index (χ2n) is 4.95. The molecule has 0 bridgehead atoms. The van der Waals surface area contributed by atoms with E-state index in [1.165, 1.54) is 0 Å². The maximum Gasteiger partial charge on any atom is 0.142 e. The standard InChI is InChI=1S/C17H20ClNO2/c1-19(15-5-3-4-6-17(15)21-2)12-11-16(20)13-7-9-14(18)10-8-13/h3-10,16,20H,11-12H2,1-2H3. The Balaban J connectivity index is 1.97. The fourth-order valence-corrected chi connectivity index (χ4v) is 2.36. The first-order valence-corrected chi connectivity index (χ1v) is 7.27. The fourth-order valence-electron chi connectivity index (χ4n) is 2.23. The van der Waals surface area contributed by atoms with E-state index in [1.54, 1.807) is 19.2 Å². The van der Waals surface area contributed by atoms with Crippen LogP contribution in [0.15, 0.2) is 48.5 Å². The number of anilines is 1. The van der Waals surface area contributed by atoms with Crippen molar-refractivity contribution in [2.75, 3.05) is 25.6 Å². The molecule has 0 saturated carbocycles. The van der Waals surface area contributed by atoms with Crippen LogP contribution in [0.1, 0.15) is 18.1 Å². The van der Waals surface area contributed by atoms with Crippen molar-refractivity contribution in [1.82, 2.24) is 0 Å². The minimum atomic E-state index is -0.501. The van der Waals surface area contributed by atoms with Gasteiger partial charge in [0, 0.05) is 18.6 Å². The third-order valence-electron chi connectivity index (χ3n) is 3.49. The van der Waals surface area contributed by atoms with Crippen molar-refractivity contribution in [2.45, 2.75) is 12.5 Å². The topological polar surface area (TPSA) is 32.7 Å². The van der Waals surface area contributed by atoms with Gasteiger partial charge in [0.15, 0.2) is 0 Å². The first-order valence-electron chi connectivity index (χ1n) is 6.89. The zero-order valence-electron chi connectivity index (χ0n) is 12.3. The van der Waals surface area contributed by atoms with E-state index in [-0.39, 0.29) is 0 Å². The van der Waals surface area contributed by atoms with Gasteiger partial charge in [-0.05, 0) is 36.2 Å². The van der Waals surface area contributed by atoms with E-state index < -0.39 is 6.10 Å². The molecule has 0 fully saturated rings. The molecule has 0 aliphatic carbocycles. The number of hydrogen-bond donors (Lipinski definition) is 1. The minimum Gasteiger partial charge on any atom is -0.495 e. The van der Waals surface area contributed by atoms with Gasteiger partial charge in [0.1, 0.15) is 5.75 Å². The van der Waals surface area contributed by atoms with Crippen LogP contribution in [-0.4, -0.2) is 25.8 Å². The Labute approximate surface area is 130 Å². The van der Waals surface area contributed by atoms with Crippen LogP contribution in [0.25, 0.3) is 0 Å². The van der Waals surface area contributed by atoms with Crippen LogP contribution in [0.2, 0.25) is 5.02 Å². The SMILES string of the molecule is COc1ccccc1N(C)CCC(O)c1ccc(Cl)cc1. The number of para-hydroxylation sites is 2. The van der Waals surface area contributed by atoms with Crippen molar-refractivity contribution in [3.63, 3.8) is 0 Å². The molecule has 0 saturated heterocycles. The van der Waals surface area contributed by atoms with Crippen molar-refractivity contribution in [2.24, 2.45) is 0 Å². The van der Waals surface area contributed by atoms with Gasteiger partial charge in [-0.25, -0.2) is 0 Å². The van der Waals surface area contributed by atoms with E-state index >= 15 is 0 Å². The van der Waals surface area contributed by atoms with Crippen LogP contribution in [0, 0.1) is 0 Å². The third-order valence-corrected chi connectivity index (χ3v) is 3.74. The molecule has 4 heteroatoms. The van der Waals surface area contributed by atoms with Crippen LogP contribution in [0.4, 0.5) is 5.69 Å². The third kappa shape index (κ3) is 4.13. The van der Waals surface area contributed by atoms with Crippen LogP contribution in [0.3, 0.4) is 0 Å². The summed E-state index contributed by atoms with van der Waals surface area (Å²) in [6.45, 7) is 0.726. The molecule has 2 rings (SSSR count). The highest BCUT2D eigenvalue weighted by atomic mass is 35.5. The summed E-state index contributed by atoms with van der Waals surface area (Å²) in [4.78, 5) is 2.08. The molecule has 0 radical (unpaired) electrons. The lowest BCUT2D eigenvalue weighted by Crippen LogP contribution is -2.21. The van der Waals surface area contributed by atoms with Gasteiger partial charge in [-0.2, -0.15) is 0 Å². The molecule has 1 N–H and O–H groups in total. The molecular formula is C17H20ClNO2. The number of benzene rings is 2. The molecule has 0 heterocycles. The maximum absolute atomic E-state index is 10.2. The average Bonchev–Trinajstić information content (AvgIpc) is 2.52. The van der Waals surface area contributed by atoms with Gasteiger partial charge in [-0.3, -0.25) is 0 Å². The van der Waals surface area contributed by atoms with E-state index in [0.29, 0.717) is 11.4 Å². The molecule has 112 valence electrons. The summed E-state index contributed by atoms with van der Waals surface area (Å²) in [5.74, 6) is 0.834. The molecule has 0 aliphatic heterocycles. The van der Waals surface area contributed by atoms with Gasteiger partial charge in [0.25, 0.3) is 0 Å². The zero-order chi connectivity index (χ0) is 15.2. The lowest BCUT2D eigenvalue weighted by Gasteiger charge is -2.23. The predicted octanol–water partition coefficient (Wildman–Crippen LogP) is 3.91. The first kappa shape index (κ1) is 15.7. The van der Waals surface area contributed by atoms with E-state index in [4.69, 9.17) is 16.3 Å². The van der Waals surface area contributed by atoms with Crippen molar-refractivity contribution in [1.29, 1.82) is 0 Å². The van der Waals surface area contributed by atoms with Crippen LogP contribution in [-0.2, 0) is 0 Å². The molecule has 21 heavy (non-hydrogen) atoms. The molecule has 3 nitrogen and oxygen atoms in total. The Hall–Kier alpha value is -1.71. The van der Waals surface area contributed by atoms with Gasteiger partial charge in [0.05, 0.1) is 18.9 Å². The van der Waals surface area contributed by atoms with Crippen LogP contribution < -0.4 is 9.64 Å². The predicted molar refractivity (Wildman–Crippen MR) is 87.3 cm³/mol. The first-order chi connectivity index (χ1) is 10.1. The summed E-state index contributed by atoms with van der Waals surface area (Å²) in [7, 11) is 3.65. The molecule has 0 aliphatic rings. The largest absolute Gasteiger partial charge is 0.495 e. The Morgan fingerprint density at radius 1 is 1.14 bits per heavy atom.